The fourth-order valence-electron chi connectivity index (χ4n) is 2.05. The maximum absolute atomic E-state index is 11.7. The maximum atomic E-state index is 11.7. The molecule has 4 heteroatoms. The van der Waals surface area contributed by atoms with E-state index < -0.39 is 0 Å². The summed E-state index contributed by atoms with van der Waals surface area (Å²) in [6.45, 7) is 4.90. The Balaban J connectivity index is 2.13. The Labute approximate surface area is 102 Å². The van der Waals surface area contributed by atoms with Crippen molar-refractivity contribution in [2.75, 3.05) is 17.2 Å². The van der Waals surface area contributed by atoms with Crippen molar-refractivity contribution < 1.29 is 4.79 Å². The quantitative estimate of drug-likeness (QED) is 0.735. The highest BCUT2D eigenvalue weighted by atomic mass is 16.2. The van der Waals surface area contributed by atoms with Crippen molar-refractivity contribution >= 4 is 17.4 Å². The van der Waals surface area contributed by atoms with Gasteiger partial charge in [0.2, 0.25) is 0 Å². The first-order valence-electron chi connectivity index (χ1n) is 6.10. The van der Waals surface area contributed by atoms with Crippen LogP contribution >= 0.6 is 0 Å². The first-order chi connectivity index (χ1) is 8.16. The monoisotopic (exact) mass is 233 g/mol. The van der Waals surface area contributed by atoms with Gasteiger partial charge in [0, 0.05) is 24.0 Å². The number of hydrogen-bond acceptors (Lipinski definition) is 2. The van der Waals surface area contributed by atoms with E-state index in [0.717, 1.165) is 30.8 Å². The van der Waals surface area contributed by atoms with E-state index in [9.17, 15) is 4.79 Å². The number of amides is 2. The van der Waals surface area contributed by atoms with E-state index in [0.29, 0.717) is 0 Å². The van der Waals surface area contributed by atoms with Crippen molar-refractivity contribution in [3.05, 3.63) is 23.8 Å². The predicted octanol–water partition coefficient (Wildman–Crippen LogP) is 2.57. The summed E-state index contributed by atoms with van der Waals surface area (Å²) in [6.07, 6.45) is 2.12. The molecular formula is C13H19N3O. The third kappa shape index (κ3) is 2.90. The molecule has 2 amide bonds. The van der Waals surface area contributed by atoms with Gasteiger partial charge in [0.1, 0.15) is 0 Å². The Hall–Kier alpha value is -1.71. The van der Waals surface area contributed by atoms with E-state index in [2.05, 4.69) is 22.0 Å². The summed E-state index contributed by atoms with van der Waals surface area (Å²) in [5.41, 5.74) is 3.25. The summed E-state index contributed by atoms with van der Waals surface area (Å²) in [6, 6.07) is 5.97. The van der Waals surface area contributed by atoms with E-state index in [1.165, 1.54) is 5.56 Å². The van der Waals surface area contributed by atoms with Crippen LogP contribution in [0.3, 0.4) is 0 Å². The standard InChI is InChI=1S/C13H19N3O/c1-9(2)15-13(17)16-12-7-3-6-11-10(12)5-4-8-14-11/h3,6-7,9,14H,4-5,8H2,1-2H3,(H2,15,16,17). The molecule has 1 aromatic rings. The van der Waals surface area contributed by atoms with Gasteiger partial charge in [-0.1, -0.05) is 6.07 Å². The van der Waals surface area contributed by atoms with Crippen LogP contribution in [-0.2, 0) is 6.42 Å². The van der Waals surface area contributed by atoms with Crippen LogP contribution in [0.5, 0.6) is 0 Å². The van der Waals surface area contributed by atoms with Crippen molar-refractivity contribution in [3.63, 3.8) is 0 Å². The number of carbonyl (C=O) groups is 1. The van der Waals surface area contributed by atoms with Crippen LogP contribution in [0.15, 0.2) is 18.2 Å². The molecule has 0 spiro atoms. The van der Waals surface area contributed by atoms with Crippen LogP contribution in [0.4, 0.5) is 16.2 Å². The highest BCUT2D eigenvalue weighted by molar-refractivity contribution is 5.91. The van der Waals surface area contributed by atoms with Gasteiger partial charge < -0.3 is 16.0 Å². The van der Waals surface area contributed by atoms with Gasteiger partial charge in [0.05, 0.1) is 0 Å². The fraction of sp³-hybridized carbons (Fsp3) is 0.462. The van der Waals surface area contributed by atoms with Crippen molar-refractivity contribution in [2.45, 2.75) is 32.7 Å². The number of hydrogen-bond donors (Lipinski definition) is 3. The van der Waals surface area contributed by atoms with Gasteiger partial charge >= 0.3 is 6.03 Å². The number of rotatable bonds is 2. The number of benzene rings is 1. The third-order valence-corrected chi connectivity index (χ3v) is 2.76. The minimum absolute atomic E-state index is 0.140. The molecule has 3 N–H and O–H groups in total. The molecular weight excluding hydrogens is 214 g/mol. The van der Waals surface area contributed by atoms with Gasteiger partial charge in [0.15, 0.2) is 0 Å². The van der Waals surface area contributed by atoms with Gasteiger partial charge in [-0.15, -0.1) is 0 Å². The largest absolute Gasteiger partial charge is 0.385 e. The van der Waals surface area contributed by atoms with E-state index in [1.54, 1.807) is 0 Å². The molecule has 1 aliphatic rings. The minimum atomic E-state index is -0.140. The summed E-state index contributed by atoms with van der Waals surface area (Å²) >= 11 is 0. The molecule has 2 rings (SSSR count). The summed E-state index contributed by atoms with van der Waals surface area (Å²) in [5.74, 6) is 0. The second-order valence-electron chi connectivity index (χ2n) is 4.62. The molecule has 0 saturated carbocycles. The van der Waals surface area contributed by atoms with Crippen molar-refractivity contribution in [1.82, 2.24) is 5.32 Å². The van der Waals surface area contributed by atoms with Crippen molar-refractivity contribution in [1.29, 1.82) is 0 Å². The summed E-state index contributed by atoms with van der Waals surface area (Å²) in [5, 5.41) is 9.08. The van der Waals surface area contributed by atoms with Crippen LogP contribution in [0.1, 0.15) is 25.8 Å². The number of carbonyl (C=O) groups excluding carboxylic acids is 1. The lowest BCUT2D eigenvalue weighted by molar-refractivity contribution is 0.250. The Bertz CT molecular complexity index is 415. The molecule has 0 atom stereocenters. The Morgan fingerprint density at radius 2 is 2.24 bits per heavy atom. The zero-order valence-electron chi connectivity index (χ0n) is 10.3. The normalized spacial score (nSPS) is 13.8. The molecule has 92 valence electrons. The lowest BCUT2D eigenvalue weighted by Crippen LogP contribution is -2.34. The Kier molecular flexibility index (Phi) is 3.52. The van der Waals surface area contributed by atoms with Gasteiger partial charge in [-0.25, -0.2) is 4.79 Å². The molecule has 0 aromatic heterocycles. The molecule has 0 saturated heterocycles. The zero-order valence-corrected chi connectivity index (χ0v) is 10.3. The molecule has 0 radical (unpaired) electrons. The van der Waals surface area contributed by atoms with Crippen molar-refractivity contribution in [3.8, 4) is 0 Å². The van der Waals surface area contributed by atoms with E-state index >= 15 is 0 Å². The molecule has 1 aromatic carbocycles. The highest BCUT2D eigenvalue weighted by Crippen LogP contribution is 2.28. The summed E-state index contributed by atoms with van der Waals surface area (Å²) in [7, 11) is 0. The molecule has 4 nitrogen and oxygen atoms in total. The van der Waals surface area contributed by atoms with Crippen LogP contribution in [0, 0.1) is 0 Å². The van der Waals surface area contributed by atoms with Crippen LogP contribution in [-0.4, -0.2) is 18.6 Å². The minimum Gasteiger partial charge on any atom is -0.385 e. The number of fused-ring (bicyclic) bond motifs is 1. The van der Waals surface area contributed by atoms with Gasteiger partial charge in [-0.05, 0) is 44.4 Å². The van der Waals surface area contributed by atoms with Gasteiger partial charge in [-0.2, -0.15) is 0 Å². The molecule has 0 bridgehead atoms. The molecule has 0 aliphatic carbocycles. The smallest absolute Gasteiger partial charge is 0.319 e. The average molecular weight is 233 g/mol. The summed E-state index contributed by atoms with van der Waals surface area (Å²) < 4.78 is 0. The first kappa shape index (κ1) is 11.8. The lowest BCUT2D eigenvalue weighted by atomic mass is 10.0. The van der Waals surface area contributed by atoms with Crippen molar-refractivity contribution in [2.24, 2.45) is 0 Å². The first-order valence-corrected chi connectivity index (χ1v) is 6.10. The molecule has 1 aliphatic heterocycles. The van der Waals surface area contributed by atoms with Crippen LogP contribution in [0.25, 0.3) is 0 Å². The highest BCUT2D eigenvalue weighted by Gasteiger charge is 2.13. The SMILES string of the molecule is CC(C)NC(=O)Nc1cccc2c1CCCN2. The van der Waals surface area contributed by atoms with Crippen LogP contribution in [0.2, 0.25) is 0 Å². The molecule has 0 unspecified atom stereocenters. The second-order valence-corrected chi connectivity index (χ2v) is 4.62. The maximum Gasteiger partial charge on any atom is 0.319 e. The van der Waals surface area contributed by atoms with Gasteiger partial charge in [-0.3, -0.25) is 0 Å². The van der Waals surface area contributed by atoms with E-state index in [4.69, 9.17) is 0 Å². The Morgan fingerprint density at radius 1 is 1.41 bits per heavy atom. The molecule has 1 heterocycles. The number of nitrogens with one attached hydrogen (secondary N) is 3. The van der Waals surface area contributed by atoms with E-state index in [1.807, 2.05) is 26.0 Å². The number of urea groups is 1. The Morgan fingerprint density at radius 3 is 3.00 bits per heavy atom. The van der Waals surface area contributed by atoms with E-state index in [-0.39, 0.29) is 12.1 Å². The molecule has 17 heavy (non-hydrogen) atoms. The zero-order chi connectivity index (χ0) is 12.3. The lowest BCUT2D eigenvalue weighted by Gasteiger charge is -2.21. The third-order valence-electron chi connectivity index (χ3n) is 2.76. The topological polar surface area (TPSA) is 53.2 Å². The summed E-state index contributed by atoms with van der Waals surface area (Å²) in [4.78, 5) is 11.7. The van der Waals surface area contributed by atoms with Crippen LogP contribution < -0.4 is 16.0 Å². The number of anilines is 2. The predicted molar refractivity (Wildman–Crippen MR) is 70.5 cm³/mol. The fourth-order valence-corrected chi connectivity index (χ4v) is 2.05. The van der Waals surface area contributed by atoms with Gasteiger partial charge in [0.25, 0.3) is 0 Å². The molecule has 0 fully saturated rings. The average Bonchev–Trinajstić information content (AvgIpc) is 2.28. The second kappa shape index (κ2) is 5.08.